The second-order valence-corrected chi connectivity index (χ2v) is 18.7. The van der Waals surface area contributed by atoms with E-state index < -0.39 is 6.60 Å². The van der Waals surface area contributed by atoms with Crippen LogP contribution in [0, 0.1) is 0 Å². The number of rotatable bonds is 25. The van der Waals surface area contributed by atoms with E-state index in [1.165, 1.54) is 153 Å². The molecular formula is C34H65P. The third-order valence-corrected chi connectivity index (χ3v) is 15.6. The molecule has 0 fully saturated rings. The normalized spacial score (nSPS) is 13.1. The Labute approximate surface area is 222 Å². The summed E-state index contributed by atoms with van der Waals surface area (Å²) < 4.78 is 0. The van der Waals surface area contributed by atoms with E-state index in [1.807, 2.05) is 0 Å². The zero-order chi connectivity index (χ0) is 25.5. The van der Waals surface area contributed by atoms with Gasteiger partial charge in [-0.05, 0) is 0 Å². The quantitative estimate of drug-likeness (QED) is 0.0917. The maximum atomic E-state index is 2.83. The molecule has 0 saturated heterocycles. The van der Waals surface area contributed by atoms with Crippen LogP contribution < -0.4 is 5.30 Å². The predicted octanol–water partition coefficient (Wildman–Crippen LogP) is 11.7. The van der Waals surface area contributed by atoms with Crippen LogP contribution in [0.15, 0.2) is 30.3 Å². The van der Waals surface area contributed by atoms with Gasteiger partial charge in [0.1, 0.15) is 0 Å². The molecule has 0 bridgehead atoms. The molecule has 1 aromatic carbocycles. The van der Waals surface area contributed by atoms with E-state index in [0.29, 0.717) is 0 Å². The van der Waals surface area contributed by atoms with Crippen molar-refractivity contribution in [2.45, 2.75) is 156 Å². The molecule has 0 amide bonds. The molecule has 0 aliphatic rings. The van der Waals surface area contributed by atoms with Gasteiger partial charge < -0.3 is 0 Å². The Morgan fingerprint density at radius 1 is 0.400 bits per heavy atom. The third-order valence-electron chi connectivity index (χ3n) is 8.80. The van der Waals surface area contributed by atoms with Gasteiger partial charge in [0.15, 0.2) is 0 Å². The molecule has 0 radical (unpaired) electrons. The van der Waals surface area contributed by atoms with Gasteiger partial charge in [0.05, 0.1) is 0 Å². The first-order chi connectivity index (χ1) is 17.1. The molecule has 206 valence electrons. The molecular weight excluding hydrogens is 439 g/mol. The van der Waals surface area contributed by atoms with Crippen molar-refractivity contribution in [3.63, 3.8) is 0 Å². The fraction of sp³-hybridized carbons (Fsp3) is 0.824. The van der Waals surface area contributed by atoms with E-state index in [2.05, 4.69) is 57.8 Å². The van der Waals surface area contributed by atoms with Crippen LogP contribution in [-0.4, -0.2) is 25.2 Å². The molecule has 0 N–H and O–H groups in total. The first-order valence-corrected chi connectivity index (χ1v) is 19.4. The van der Waals surface area contributed by atoms with E-state index in [0.717, 1.165) is 0 Å². The van der Waals surface area contributed by atoms with Crippen molar-refractivity contribution in [2.75, 3.05) is 25.2 Å². The van der Waals surface area contributed by atoms with Crippen molar-refractivity contribution >= 4 is 11.9 Å². The van der Waals surface area contributed by atoms with Crippen molar-refractivity contribution < 1.29 is 0 Å². The second-order valence-electron chi connectivity index (χ2n) is 12.2. The topological polar surface area (TPSA) is 0 Å². The van der Waals surface area contributed by atoms with Crippen molar-refractivity contribution in [3.8, 4) is 0 Å². The average Bonchev–Trinajstić information content (AvgIpc) is 2.88. The zero-order valence-corrected chi connectivity index (χ0v) is 25.7. The van der Waals surface area contributed by atoms with Gasteiger partial charge in [0, 0.05) is 0 Å². The van der Waals surface area contributed by atoms with Crippen LogP contribution in [-0.2, 0) is 0 Å². The Kier molecular flexibility index (Phi) is 19.3. The SMILES string of the molecule is CCCCCCCCCP(C)(CCCCCCCCC)(CCCCCCCCC)c1ccccc1. The van der Waals surface area contributed by atoms with E-state index in [-0.39, 0.29) is 0 Å². The molecule has 0 saturated carbocycles. The number of hydrogen-bond donors (Lipinski definition) is 0. The van der Waals surface area contributed by atoms with E-state index in [1.54, 1.807) is 5.30 Å². The van der Waals surface area contributed by atoms with Gasteiger partial charge in [0.25, 0.3) is 0 Å². The molecule has 1 heteroatoms. The summed E-state index contributed by atoms with van der Waals surface area (Å²) in [6.07, 6.45) is 34.7. The first kappa shape index (κ1) is 32.7. The van der Waals surface area contributed by atoms with Gasteiger partial charge in [-0.2, -0.15) is 0 Å². The van der Waals surface area contributed by atoms with Crippen LogP contribution >= 0.6 is 6.60 Å². The van der Waals surface area contributed by atoms with Crippen LogP contribution in [0.3, 0.4) is 0 Å². The molecule has 1 aromatic rings. The molecule has 0 nitrogen and oxygen atoms in total. The van der Waals surface area contributed by atoms with Crippen LogP contribution in [0.4, 0.5) is 0 Å². The van der Waals surface area contributed by atoms with Crippen LogP contribution in [0.25, 0.3) is 0 Å². The monoisotopic (exact) mass is 504 g/mol. The van der Waals surface area contributed by atoms with Gasteiger partial charge in [-0.25, -0.2) is 0 Å². The summed E-state index contributed by atoms with van der Waals surface area (Å²) >= 11 is 0. The fourth-order valence-electron chi connectivity index (χ4n) is 6.21. The van der Waals surface area contributed by atoms with Gasteiger partial charge >= 0.3 is 223 Å². The molecule has 0 aliphatic heterocycles. The van der Waals surface area contributed by atoms with E-state index in [9.17, 15) is 0 Å². The number of benzene rings is 1. The molecule has 0 unspecified atom stereocenters. The minimum atomic E-state index is -1.90. The van der Waals surface area contributed by atoms with E-state index in [4.69, 9.17) is 0 Å². The maximum absolute atomic E-state index is 2.83. The summed E-state index contributed by atoms with van der Waals surface area (Å²) in [5.74, 6) is 0. The van der Waals surface area contributed by atoms with Crippen molar-refractivity contribution in [3.05, 3.63) is 30.3 Å². The summed E-state index contributed by atoms with van der Waals surface area (Å²) in [6.45, 7) is 7.91. The molecule has 0 aromatic heterocycles. The predicted molar refractivity (Wildman–Crippen MR) is 167 cm³/mol. The Hall–Kier alpha value is -0.350. The summed E-state index contributed by atoms with van der Waals surface area (Å²) in [4.78, 5) is 0. The van der Waals surface area contributed by atoms with Crippen molar-refractivity contribution in [1.29, 1.82) is 0 Å². The first-order valence-electron chi connectivity index (χ1n) is 16.2. The summed E-state index contributed by atoms with van der Waals surface area (Å²) in [7, 11) is 0. The van der Waals surface area contributed by atoms with Gasteiger partial charge in [-0.1, -0.05) is 0 Å². The summed E-state index contributed by atoms with van der Waals surface area (Å²) in [5, 5.41) is 1.77. The molecule has 0 aliphatic carbocycles. The second kappa shape index (κ2) is 20.7. The van der Waals surface area contributed by atoms with Crippen molar-refractivity contribution in [1.82, 2.24) is 0 Å². The standard InChI is InChI=1S/C34H65P/c1-5-8-11-14-17-20-26-31-35(4,34-29-24-23-25-30-34,32-27-21-18-15-12-9-6-2)33-28-22-19-16-13-10-7-3/h23-25,29-30H,5-22,26-28,31-33H2,1-4H3. The van der Waals surface area contributed by atoms with Crippen molar-refractivity contribution in [2.24, 2.45) is 0 Å². The average molecular weight is 505 g/mol. The van der Waals surface area contributed by atoms with E-state index >= 15 is 0 Å². The van der Waals surface area contributed by atoms with Gasteiger partial charge in [-0.15, -0.1) is 0 Å². The fourth-order valence-corrected chi connectivity index (χ4v) is 12.2. The Bertz CT molecular complexity index is 529. The van der Waals surface area contributed by atoms with Gasteiger partial charge in [0.2, 0.25) is 0 Å². The molecule has 0 atom stereocenters. The number of hydrogen-bond acceptors (Lipinski definition) is 0. The minimum absolute atomic E-state index is 1.36. The molecule has 35 heavy (non-hydrogen) atoms. The summed E-state index contributed by atoms with van der Waals surface area (Å²) in [5.41, 5.74) is 0. The van der Waals surface area contributed by atoms with Crippen LogP contribution in [0.5, 0.6) is 0 Å². The number of unbranched alkanes of at least 4 members (excludes halogenated alkanes) is 18. The zero-order valence-electron chi connectivity index (χ0n) is 24.8. The molecule has 0 heterocycles. The third kappa shape index (κ3) is 14.2. The Morgan fingerprint density at radius 2 is 0.686 bits per heavy atom. The molecule has 0 spiro atoms. The van der Waals surface area contributed by atoms with Crippen LogP contribution in [0.2, 0.25) is 0 Å². The van der Waals surface area contributed by atoms with Gasteiger partial charge in [-0.3, -0.25) is 0 Å². The Balaban J connectivity index is 2.80. The summed E-state index contributed by atoms with van der Waals surface area (Å²) in [6, 6.07) is 12.0. The molecule has 1 rings (SSSR count). The Morgan fingerprint density at radius 3 is 1.00 bits per heavy atom. The van der Waals surface area contributed by atoms with Crippen LogP contribution in [0.1, 0.15) is 156 Å².